The maximum atomic E-state index is 13.9. The summed E-state index contributed by atoms with van der Waals surface area (Å²) in [6, 6.07) is 22.8. The summed E-state index contributed by atoms with van der Waals surface area (Å²) in [5, 5.41) is 0.406. The monoisotopic (exact) mass is 429 g/mol. The van der Waals surface area contributed by atoms with Gasteiger partial charge in [-0.25, -0.2) is 9.09 Å². The molecular formula is C22H23O5P2+. The SMILES string of the molecule is CCc1cccc(P(=O)(Oc2ccccc2)O[P+](=O)Oc2ccccc2)c1CC. The maximum absolute atomic E-state index is 13.9. The van der Waals surface area contributed by atoms with Gasteiger partial charge >= 0.3 is 15.9 Å². The molecule has 0 aliphatic rings. The molecule has 0 heterocycles. The summed E-state index contributed by atoms with van der Waals surface area (Å²) < 4.78 is 43.2. The van der Waals surface area contributed by atoms with E-state index in [9.17, 15) is 9.13 Å². The van der Waals surface area contributed by atoms with Crippen molar-refractivity contribution in [1.29, 1.82) is 0 Å². The molecule has 0 radical (unpaired) electrons. The second kappa shape index (κ2) is 9.84. The third-order valence-corrected chi connectivity index (χ3v) is 7.56. The van der Waals surface area contributed by atoms with Crippen molar-refractivity contribution in [2.45, 2.75) is 26.7 Å². The molecule has 0 aliphatic heterocycles. The Morgan fingerprint density at radius 1 is 0.793 bits per heavy atom. The predicted octanol–water partition coefficient (Wildman–Crippen LogP) is 6.46. The number of para-hydroxylation sites is 2. The first-order valence-electron chi connectivity index (χ1n) is 9.41. The highest BCUT2D eigenvalue weighted by Gasteiger charge is 2.44. The van der Waals surface area contributed by atoms with E-state index in [1.807, 2.05) is 38.1 Å². The van der Waals surface area contributed by atoms with E-state index in [0.717, 1.165) is 17.5 Å². The molecule has 3 aromatic carbocycles. The minimum absolute atomic E-state index is 0.359. The lowest BCUT2D eigenvalue weighted by Gasteiger charge is -2.18. The Labute approximate surface area is 172 Å². The summed E-state index contributed by atoms with van der Waals surface area (Å²) in [6.45, 7) is 4.01. The van der Waals surface area contributed by atoms with E-state index in [-0.39, 0.29) is 0 Å². The fraction of sp³-hybridized carbons (Fsp3) is 0.182. The lowest BCUT2D eigenvalue weighted by molar-refractivity contribution is 0.367. The van der Waals surface area contributed by atoms with Crippen LogP contribution >= 0.6 is 15.9 Å². The number of hydrogen-bond donors (Lipinski definition) is 0. The summed E-state index contributed by atoms with van der Waals surface area (Å²) in [6.07, 6.45) is 1.41. The van der Waals surface area contributed by atoms with Crippen LogP contribution in [0.4, 0.5) is 0 Å². The van der Waals surface area contributed by atoms with Gasteiger partial charge in [0.05, 0.1) is 5.30 Å². The van der Waals surface area contributed by atoms with Crippen LogP contribution in [0.2, 0.25) is 0 Å². The molecule has 0 amide bonds. The van der Waals surface area contributed by atoms with Crippen molar-refractivity contribution in [2.24, 2.45) is 0 Å². The van der Waals surface area contributed by atoms with E-state index in [0.29, 0.717) is 23.2 Å². The average molecular weight is 429 g/mol. The van der Waals surface area contributed by atoms with Gasteiger partial charge in [-0.3, -0.25) is 0 Å². The van der Waals surface area contributed by atoms with E-state index in [2.05, 4.69) is 0 Å². The molecule has 0 spiro atoms. The Kier molecular flexibility index (Phi) is 7.22. The Bertz CT molecular complexity index is 1010. The number of aryl methyl sites for hydroxylation is 1. The van der Waals surface area contributed by atoms with Crippen LogP contribution in [-0.2, 0) is 26.3 Å². The molecule has 29 heavy (non-hydrogen) atoms. The van der Waals surface area contributed by atoms with Gasteiger partial charge in [-0.1, -0.05) is 62.4 Å². The molecule has 7 heteroatoms. The molecule has 0 N–H and O–H groups in total. The lowest BCUT2D eigenvalue weighted by atomic mass is 10.0. The Hall–Kier alpha value is -2.45. The number of hydrogen-bond acceptors (Lipinski definition) is 5. The Morgan fingerprint density at radius 3 is 2.00 bits per heavy atom. The third-order valence-electron chi connectivity index (χ3n) is 4.34. The van der Waals surface area contributed by atoms with Crippen LogP contribution in [0.25, 0.3) is 0 Å². The average Bonchev–Trinajstić information content (AvgIpc) is 2.74. The molecule has 2 atom stereocenters. The maximum Gasteiger partial charge on any atom is 0.760 e. The van der Waals surface area contributed by atoms with Gasteiger partial charge in [0.2, 0.25) is 0 Å². The van der Waals surface area contributed by atoms with Gasteiger partial charge in [0.1, 0.15) is 5.75 Å². The fourth-order valence-corrected chi connectivity index (χ4v) is 6.03. The second-order valence-electron chi connectivity index (χ2n) is 6.23. The van der Waals surface area contributed by atoms with Crippen LogP contribution in [0.1, 0.15) is 25.0 Å². The first-order chi connectivity index (χ1) is 14.1. The van der Waals surface area contributed by atoms with E-state index in [1.54, 1.807) is 54.6 Å². The highest BCUT2D eigenvalue weighted by Crippen LogP contribution is 2.55. The van der Waals surface area contributed by atoms with Crippen LogP contribution in [0.3, 0.4) is 0 Å². The standard InChI is InChI=1S/C22H23O5P2/c1-3-18-12-11-17-22(21(18)4-2)29(24,26-20-15-9-6-10-16-20)27-28(23)25-19-13-7-5-8-14-19/h5-17H,3-4H2,1-2H3/q+1. The summed E-state index contributed by atoms with van der Waals surface area (Å²) in [5.74, 6) is 0.723. The van der Waals surface area contributed by atoms with Crippen LogP contribution in [0.5, 0.6) is 11.5 Å². The molecule has 150 valence electrons. The van der Waals surface area contributed by atoms with Gasteiger partial charge in [-0.2, -0.15) is 0 Å². The van der Waals surface area contributed by atoms with Crippen LogP contribution < -0.4 is 14.4 Å². The van der Waals surface area contributed by atoms with E-state index in [1.165, 1.54) is 0 Å². The van der Waals surface area contributed by atoms with Crippen LogP contribution in [-0.4, -0.2) is 0 Å². The fourth-order valence-electron chi connectivity index (χ4n) is 3.02. The zero-order chi connectivity index (χ0) is 20.7. The molecule has 0 saturated carbocycles. The van der Waals surface area contributed by atoms with Gasteiger partial charge in [-0.15, -0.1) is 0 Å². The van der Waals surface area contributed by atoms with Crippen molar-refractivity contribution in [2.75, 3.05) is 0 Å². The number of rotatable bonds is 9. The zero-order valence-electron chi connectivity index (χ0n) is 16.4. The van der Waals surface area contributed by atoms with Crippen molar-refractivity contribution in [1.82, 2.24) is 0 Å². The molecule has 0 aromatic heterocycles. The van der Waals surface area contributed by atoms with Crippen molar-refractivity contribution in [3.05, 3.63) is 90.0 Å². The smallest absolute Gasteiger partial charge is 0.419 e. The highest BCUT2D eigenvalue weighted by molar-refractivity contribution is 7.67. The molecule has 0 fully saturated rings. The summed E-state index contributed by atoms with van der Waals surface area (Å²) in [5.41, 5.74) is 1.92. The lowest BCUT2D eigenvalue weighted by Crippen LogP contribution is -2.17. The normalized spacial score (nSPS) is 13.4. The van der Waals surface area contributed by atoms with Gasteiger partial charge in [-0.05, 0) is 58.6 Å². The minimum atomic E-state index is -3.99. The molecular weight excluding hydrogens is 406 g/mol. The molecule has 5 nitrogen and oxygen atoms in total. The second-order valence-corrected chi connectivity index (χ2v) is 9.18. The van der Waals surface area contributed by atoms with E-state index >= 15 is 0 Å². The molecule has 3 rings (SSSR count). The van der Waals surface area contributed by atoms with Gasteiger partial charge in [0, 0.05) is 4.57 Å². The molecule has 2 unspecified atom stereocenters. The summed E-state index contributed by atoms with van der Waals surface area (Å²) in [7, 11) is -6.72. The molecule has 0 saturated heterocycles. The Morgan fingerprint density at radius 2 is 1.41 bits per heavy atom. The van der Waals surface area contributed by atoms with Gasteiger partial charge in [0.25, 0.3) is 0 Å². The van der Waals surface area contributed by atoms with Crippen LogP contribution in [0.15, 0.2) is 78.9 Å². The first kappa shape index (κ1) is 21.3. The quantitative estimate of drug-likeness (QED) is 0.365. The number of benzene rings is 3. The van der Waals surface area contributed by atoms with Gasteiger partial charge < -0.3 is 4.52 Å². The molecule has 3 aromatic rings. The topological polar surface area (TPSA) is 61.8 Å². The zero-order valence-corrected chi connectivity index (χ0v) is 18.1. The van der Waals surface area contributed by atoms with Crippen molar-refractivity contribution < 1.29 is 22.5 Å². The van der Waals surface area contributed by atoms with Crippen molar-refractivity contribution >= 4 is 21.2 Å². The largest absolute Gasteiger partial charge is 0.760 e. The van der Waals surface area contributed by atoms with Gasteiger partial charge in [0.15, 0.2) is 5.75 Å². The van der Waals surface area contributed by atoms with Crippen molar-refractivity contribution in [3.63, 3.8) is 0 Å². The predicted molar refractivity (Wildman–Crippen MR) is 115 cm³/mol. The minimum Gasteiger partial charge on any atom is -0.419 e. The highest BCUT2D eigenvalue weighted by atomic mass is 31.2. The molecule has 0 bridgehead atoms. The summed E-state index contributed by atoms with van der Waals surface area (Å²) >= 11 is 0. The van der Waals surface area contributed by atoms with E-state index in [4.69, 9.17) is 13.4 Å². The first-order valence-corrected chi connectivity index (χ1v) is 12.1. The third kappa shape index (κ3) is 5.33. The Balaban J connectivity index is 1.98. The summed E-state index contributed by atoms with van der Waals surface area (Å²) in [4.78, 5) is 0. The van der Waals surface area contributed by atoms with Crippen LogP contribution in [0, 0.1) is 0 Å². The van der Waals surface area contributed by atoms with E-state index < -0.39 is 15.9 Å². The van der Waals surface area contributed by atoms with Crippen molar-refractivity contribution in [3.8, 4) is 11.5 Å². The molecule has 0 aliphatic carbocycles.